The van der Waals surface area contributed by atoms with Crippen LogP contribution in [-0.4, -0.2) is 98.2 Å². The molecule has 0 aliphatic carbocycles. The number of piperazine rings is 2. The van der Waals surface area contributed by atoms with E-state index >= 15 is 0 Å². The van der Waals surface area contributed by atoms with Crippen molar-refractivity contribution in [3.05, 3.63) is 0 Å². The summed E-state index contributed by atoms with van der Waals surface area (Å²) in [7, 11) is -1.43. The van der Waals surface area contributed by atoms with Gasteiger partial charge in [0.05, 0.1) is 6.04 Å². The molecule has 140 valence electrons. The van der Waals surface area contributed by atoms with E-state index in [0.29, 0.717) is 51.6 Å². The number of carbonyl (C=O) groups is 1. The molecule has 2 saturated heterocycles. The second-order valence-electron chi connectivity index (χ2n) is 7.17. The third kappa shape index (κ3) is 4.66. The second kappa shape index (κ2) is 8.09. The lowest BCUT2D eigenvalue weighted by atomic mass is 10.0. The summed E-state index contributed by atoms with van der Waals surface area (Å²) in [6.45, 7) is 8.14. The van der Waals surface area contributed by atoms with Gasteiger partial charge in [-0.25, -0.2) is 0 Å². The molecule has 0 bridgehead atoms. The molecule has 0 saturated carbocycles. The molecule has 2 aliphatic heterocycles. The minimum Gasteiger partial charge on any atom is -0.339 e. The molecule has 24 heavy (non-hydrogen) atoms. The first-order valence-electron chi connectivity index (χ1n) is 8.70. The third-order valence-electron chi connectivity index (χ3n) is 4.71. The molecule has 0 aromatic rings. The van der Waals surface area contributed by atoms with Crippen LogP contribution in [0, 0.1) is 5.92 Å². The summed E-state index contributed by atoms with van der Waals surface area (Å²) in [5, 5.41) is 0. The number of hydrogen-bond donors (Lipinski definition) is 1. The molecular weight excluding hydrogens is 330 g/mol. The van der Waals surface area contributed by atoms with E-state index in [1.54, 1.807) is 9.21 Å². The van der Waals surface area contributed by atoms with Gasteiger partial charge >= 0.3 is 0 Å². The predicted molar refractivity (Wildman–Crippen MR) is 93.6 cm³/mol. The summed E-state index contributed by atoms with van der Waals surface area (Å²) in [4.78, 5) is 16.2. The van der Waals surface area contributed by atoms with Gasteiger partial charge in [0, 0.05) is 52.4 Å². The normalized spacial score (nSPS) is 23.6. The first-order chi connectivity index (χ1) is 11.2. The highest BCUT2D eigenvalue weighted by atomic mass is 32.2. The van der Waals surface area contributed by atoms with Crippen LogP contribution in [0.25, 0.3) is 0 Å². The van der Waals surface area contributed by atoms with Crippen LogP contribution in [0.15, 0.2) is 0 Å². The Morgan fingerprint density at radius 3 is 1.88 bits per heavy atom. The summed E-state index contributed by atoms with van der Waals surface area (Å²) in [6.07, 6.45) is 0.651. The second-order valence-corrected chi connectivity index (χ2v) is 9.10. The van der Waals surface area contributed by atoms with Crippen molar-refractivity contribution in [2.24, 2.45) is 11.7 Å². The van der Waals surface area contributed by atoms with Crippen LogP contribution >= 0.6 is 0 Å². The summed E-state index contributed by atoms with van der Waals surface area (Å²) < 4.78 is 28.5. The topological polar surface area (TPSA) is 90.2 Å². The molecule has 8 nitrogen and oxygen atoms in total. The highest BCUT2D eigenvalue weighted by Gasteiger charge is 2.35. The molecule has 0 radical (unpaired) electrons. The maximum absolute atomic E-state index is 12.7. The lowest BCUT2D eigenvalue weighted by molar-refractivity contribution is -0.134. The van der Waals surface area contributed by atoms with Gasteiger partial charge in [-0.15, -0.1) is 0 Å². The van der Waals surface area contributed by atoms with E-state index < -0.39 is 16.3 Å². The zero-order valence-corrected chi connectivity index (χ0v) is 15.8. The van der Waals surface area contributed by atoms with Crippen LogP contribution in [0.2, 0.25) is 0 Å². The van der Waals surface area contributed by atoms with Crippen LogP contribution in [0.5, 0.6) is 0 Å². The number of rotatable bonds is 5. The van der Waals surface area contributed by atoms with E-state index in [2.05, 4.69) is 4.90 Å². The molecular formula is C15H31N5O3S. The van der Waals surface area contributed by atoms with Crippen molar-refractivity contribution < 1.29 is 13.2 Å². The highest BCUT2D eigenvalue weighted by Crippen LogP contribution is 2.15. The average molecular weight is 362 g/mol. The number of nitrogens with two attached hydrogens (primary N) is 1. The van der Waals surface area contributed by atoms with E-state index in [9.17, 15) is 13.2 Å². The van der Waals surface area contributed by atoms with Crippen molar-refractivity contribution >= 4 is 16.1 Å². The van der Waals surface area contributed by atoms with Crippen molar-refractivity contribution in [1.82, 2.24) is 18.4 Å². The molecule has 2 rings (SSSR count). The van der Waals surface area contributed by atoms with Gasteiger partial charge in [-0.2, -0.15) is 17.0 Å². The van der Waals surface area contributed by atoms with Gasteiger partial charge in [0.15, 0.2) is 0 Å². The maximum Gasteiger partial charge on any atom is 0.282 e. The predicted octanol–water partition coefficient (Wildman–Crippen LogP) is -1.00. The Hall–Kier alpha value is -0.740. The lowest BCUT2D eigenvalue weighted by Gasteiger charge is -2.39. The largest absolute Gasteiger partial charge is 0.339 e. The van der Waals surface area contributed by atoms with Crippen LogP contribution in [0.1, 0.15) is 20.3 Å². The Labute approximate surface area is 145 Å². The molecule has 2 fully saturated rings. The van der Waals surface area contributed by atoms with E-state index in [-0.39, 0.29) is 5.91 Å². The fraction of sp³-hybridized carbons (Fsp3) is 0.933. The Kier molecular flexibility index (Phi) is 6.60. The van der Waals surface area contributed by atoms with Gasteiger partial charge in [-0.3, -0.25) is 4.79 Å². The molecule has 9 heteroatoms. The first kappa shape index (κ1) is 19.6. The summed E-state index contributed by atoms with van der Waals surface area (Å²) >= 11 is 0. The fourth-order valence-corrected chi connectivity index (χ4v) is 4.74. The standard InChI is InChI=1S/C15H31N5O3S/c1-13(2)12-14(16)15(21)18-6-10-20(11-7-18)24(22,23)19-8-4-17(3)5-9-19/h13-14H,4-12,16H2,1-3H3/t14-/m0/s1. The SMILES string of the molecule is CC(C)C[C@H](N)C(=O)N1CCN(S(=O)(=O)N2CCN(C)CC2)CC1. The summed E-state index contributed by atoms with van der Waals surface area (Å²) in [5.74, 6) is 0.295. The maximum atomic E-state index is 12.7. The highest BCUT2D eigenvalue weighted by molar-refractivity contribution is 7.86. The van der Waals surface area contributed by atoms with Crippen LogP contribution in [0.4, 0.5) is 0 Å². The summed E-state index contributed by atoms with van der Waals surface area (Å²) in [6, 6.07) is -0.495. The van der Waals surface area contributed by atoms with Crippen molar-refractivity contribution in [2.45, 2.75) is 26.3 Å². The van der Waals surface area contributed by atoms with Gasteiger partial charge in [0.1, 0.15) is 0 Å². The quantitative estimate of drug-likeness (QED) is 0.678. The number of carbonyl (C=O) groups excluding carboxylic acids is 1. The van der Waals surface area contributed by atoms with Crippen LogP contribution < -0.4 is 5.73 Å². The lowest BCUT2D eigenvalue weighted by Crippen LogP contribution is -2.58. The van der Waals surface area contributed by atoms with Gasteiger partial charge in [-0.1, -0.05) is 13.8 Å². The van der Waals surface area contributed by atoms with Crippen molar-refractivity contribution in [3.8, 4) is 0 Å². The zero-order valence-electron chi connectivity index (χ0n) is 15.0. The number of likely N-dealkylation sites (N-methyl/N-ethyl adjacent to an activating group) is 1. The van der Waals surface area contributed by atoms with Crippen LogP contribution in [-0.2, 0) is 15.0 Å². The smallest absolute Gasteiger partial charge is 0.282 e. The monoisotopic (exact) mass is 361 g/mol. The van der Waals surface area contributed by atoms with Crippen molar-refractivity contribution in [2.75, 3.05) is 59.4 Å². The van der Waals surface area contributed by atoms with E-state index in [0.717, 1.165) is 13.1 Å². The molecule has 0 unspecified atom stereocenters. The number of amides is 1. The fourth-order valence-electron chi connectivity index (χ4n) is 3.16. The van der Waals surface area contributed by atoms with E-state index in [1.165, 1.54) is 4.31 Å². The molecule has 0 spiro atoms. The first-order valence-corrected chi connectivity index (χ1v) is 10.1. The number of hydrogen-bond acceptors (Lipinski definition) is 5. The van der Waals surface area contributed by atoms with Gasteiger partial charge in [0.25, 0.3) is 10.2 Å². The molecule has 2 aliphatic rings. The molecule has 2 heterocycles. The molecule has 0 aromatic carbocycles. The van der Waals surface area contributed by atoms with Gasteiger partial charge in [0.2, 0.25) is 5.91 Å². The zero-order chi connectivity index (χ0) is 17.9. The van der Waals surface area contributed by atoms with E-state index in [1.807, 2.05) is 20.9 Å². The van der Waals surface area contributed by atoms with E-state index in [4.69, 9.17) is 5.73 Å². The van der Waals surface area contributed by atoms with Crippen molar-refractivity contribution in [1.29, 1.82) is 0 Å². The van der Waals surface area contributed by atoms with Crippen LogP contribution in [0.3, 0.4) is 0 Å². The van der Waals surface area contributed by atoms with Gasteiger partial charge in [-0.05, 0) is 19.4 Å². The Morgan fingerprint density at radius 2 is 1.42 bits per heavy atom. The van der Waals surface area contributed by atoms with Crippen molar-refractivity contribution in [3.63, 3.8) is 0 Å². The average Bonchev–Trinajstić information content (AvgIpc) is 2.54. The number of nitrogens with zero attached hydrogens (tertiary/aromatic N) is 4. The Bertz CT molecular complexity index is 523. The molecule has 1 amide bonds. The Morgan fingerprint density at radius 1 is 0.958 bits per heavy atom. The Balaban J connectivity index is 1.89. The summed E-state index contributed by atoms with van der Waals surface area (Å²) in [5.41, 5.74) is 5.96. The third-order valence-corrected chi connectivity index (χ3v) is 6.74. The van der Waals surface area contributed by atoms with Gasteiger partial charge < -0.3 is 15.5 Å². The molecule has 0 aromatic heterocycles. The minimum absolute atomic E-state index is 0.0691. The minimum atomic E-state index is -3.43. The molecule has 2 N–H and O–H groups in total. The molecule has 1 atom stereocenters.